The molecular formula is C21H26N2O3S2. The molecule has 150 valence electrons. The fraction of sp³-hybridized carbons (Fsp3) is 0.476. The average molecular weight is 419 g/mol. The molecule has 5 nitrogen and oxygen atoms in total. The van der Waals surface area contributed by atoms with Crippen LogP contribution in [0, 0.1) is 0 Å². The third-order valence-corrected chi connectivity index (χ3v) is 8.62. The van der Waals surface area contributed by atoms with Crippen LogP contribution in [0.2, 0.25) is 0 Å². The normalized spacial score (nSPS) is 20.8. The quantitative estimate of drug-likeness (QED) is 0.746. The van der Waals surface area contributed by atoms with Gasteiger partial charge in [0.1, 0.15) is 4.21 Å². The SMILES string of the molecule is CS(=O)(=O)c1ccc(-c2ccc(C(=O)N3CCCC3CN3CCCC3)cc2)s1. The van der Waals surface area contributed by atoms with E-state index in [-0.39, 0.29) is 5.91 Å². The lowest BCUT2D eigenvalue weighted by Crippen LogP contribution is -2.42. The van der Waals surface area contributed by atoms with E-state index in [1.807, 2.05) is 35.2 Å². The van der Waals surface area contributed by atoms with Gasteiger partial charge in [-0.1, -0.05) is 12.1 Å². The van der Waals surface area contributed by atoms with E-state index < -0.39 is 9.84 Å². The number of amides is 1. The Labute approximate surface area is 170 Å². The van der Waals surface area contributed by atoms with Gasteiger partial charge in [-0.3, -0.25) is 4.79 Å². The second-order valence-corrected chi connectivity index (χ2v) is 11.1. The Morgan fingerprint density at radius 3 is 2.39 bits per heavy atom. The van der Waals surface area contributed by atoms with Crippen LogP contribution >= 0.6 is 11.3 Å². The van der Waals surface area contributed by atoms with Crippen molar-refractivity contribution in [3.8, 4) is 10.4 Å². The average Bonchev–Trinajstić information content (AvgIpc) is 3.43. The topological polar surface area (TPSA) is 57.7 Å². The summed E-state index contributed by atoms with van der Waals surface area (Å²) < 4.78 is 23.7. The third-order valence-electron chi connectivity index (χ3n) is 5.67. The Kier molecular flexibility index (Phi) is 5.58. The first kappa shape index (κ1) is 19.6. The van der Waals surface area contributed by atoms with E-state index in [1.165, 1.54) is 30.4 Å². The van der Waals surface area contributed by atoms with Gasteiger partial charge in [0.05, 0.1) is 0 Å². The van der Waals surface area contributed by atoms with Crippen molar-refractivity contribution in [2.45, 2.75) is 35.9 Å². The predicted molar refractivity (Wildman–Crippen MR) is 113 cm³/mol. The van der Waals surface area contributed by atoms with E-state index in [0.717, 1.165) is 49.5 Å². The molecule has 0 radical (unpaired) electrons. The smallest absolute Gasteiger partial charge is 0.254 e. The number of benzene rings is 1. The minimum absolute atomic E-state index is 0.108. The highest BCUT2D eigenvalue weighted by atomic mass is 32.2. The van der Waals surface area contributed by atoms with Crippen molar-refractivity contribution in [1.29, 1.82) is 0 Å². The Morgan fingerprint density at radius 1 is 1.04 bits per heavy atom. The zero-order chi connectivity index (χ0) is 19.7. The number of hydrogen-bond acceptors (Lipinski definition) is 5. The number of thiophene rings is 1. The van der Waals surface area contributed by atoms with Gasteiger partial charge in [-0.15, -0.1) is 11.3 Å². The highest BCUT2D eigenvalue weighted by molar-refractivity contribution is 7.92. The van der Waals surface area contributed by atoms with Crippen molar-refractivity contribution >= 4 is 27.1 Å². The lowest BCUT2D eigenvalue weighted by molar-refractivity contribution is 0.0709. The molecule has 2 fully saturated rings. The van der Waals surface area contributed by atoms with Crippen molar-refractivity contribution in [2.24, 2.45) is 0 Å². The van der Waals surface area contributed by atoms with Crippen LogP contribution in [0.4, 0.5) is 0 Å². The maximum absolute atomic E-state index is 13.0. The number of nitrogens with zero attached hydrogens (tertiary/aromatic N) is 2. The maximum atomic E-state index is 13.0. The highest BCUT2D eigenvalue weighted by Crippen LogP contribution is 2.31. The predicted octanol–water partition coefficient (Wildman–Crippen LogP) is 3.52. The minimum Gasteiger partial charge on any atom is -0.334 e. The van der Waals surface area contributed by atoms with Crippen LogP contribution in [0.5, 0.6) is 0 Å². The molecule has 2 saturated heterocycles. The molecule has 2 aliphatic heterocycles. The Bertz CT molecular complexity index is 944. The van der Waals surface area contributed by atoms with Crippen LogP contribution < -0.4 is 0 Å². The van der Waals surface area contributed by atoms with Gasteiger partial charge in [0, 0.05) is 35.8 Å². The Balaban J connectivity index is 1.47. The third kappa shape index (κ3) is 4.16. The van der Waals surface area contributed by atoms with E-state index in [0.29, 0.717) is 15.8 Å². The molecule has 0 aliphatic carbocycles. The van der Waals surface area contributed by atoms with Crippen molar-refractivity contribution in [2.75, 3.05) is 32.4 Å². The first-order valence-electron chi connectivity index (χ1n) is 9.85. The zero-order valence-corrected chi connectivity index (χ0v) is 17.8. The number of sulfone groups is 1. The molecule has 4 rings (SSSR count). The molecule has 1 aromatic carbocycles. The Hall–Kier alpha value is -1.70. The van der Waals surface area contributed by atoms with E-state index in [2.05, 4.69) is 4.90 Å². The second kappa shape index (κ2) is 7.97. The van der Waals surface area contributed by atoms with Crippen LogP contribution in [0.1, 0.15) is 36.0 Å². The number of hydrogen-bond donors (Lipinski definition) is 0. The van der Waals surface area contributed by atoms with Crippen LogP contribution in [-0.2, 0) is 9.84 Å². The first-order valence-corrected chi connectivity index (χ1v) is 12.6. The lowest BCUT2D eigenvalue weighted by atomic mass is 10.1. The molecule has 1 amide bonds. The number of rotatable bonds is 5. The second-order valence-electron chi connectivity index (χ2n) is 7.77. The van der Waals surface area contributed by atoms with Gasteiger partial charge < -0.3 is 9.80 Å². The summed E-state index contributed by atoms with van der Waals surface area (Å²) in [5.74, 6) is 0.108. The molecule has 1 unspecified atom stereocenters. The molecule has 0 saturated carbocycles. The van der Waals surface area contributed by atoms with Crippen LogP contribution in [0.3, 0.4) is 0 Å². The van der Waals surface area contributed by atoms with Gasteiger partial charge in [-0.25, -0.2) is 8.42 Å². The van der Waals surface area contributed by atoms with Crippen molar-refractivity contribution < 1.29 is 13.2 Å². The summed E-state index contributed by atoms with van der Waals surface area (Å²) in [6, 6.07) is 11.3. The molecule has 28 heavy (non-hydrogen) atoms. The lowest BCUT2D eigenvalue weighted by Gasteiger charge is -2.28. The fourth-order valence-electron chi connectivity index (χ4n) is 4.17. The van der Waals surface area contributed by atoms with Gasteiger partial charge in [-0.05, 0) is 68.6 Å². The fourth-order valence-corrected chi connectivity index (χ4v) is 6.11. The van der Waals surface area contributed by atoms with Gasteiger partial charge in [0.25, 0.3) is 5.91 Å². The van der Waals surface area contributed by atoms with Crippen molar-refractivity contribution in [1.82, 2.24) is 9.80 Å². The number of carbonyl (C=O) groups excluding carboxylic acids is 1. The summed E-state index contributed by atoms with van der Waals surface area (Å²) in [5.41, 5.74) is 1.64. The number of likely N-dealkylation sites (tertiary alicyclic amines) is 2. The van der Waals surface area contributed by atoms with Crippen LogP contribution in [0.25, 0.3) is 10.4 Å². The van der Waals surface area contributed by atoms with E-state index in [9.17, 15) is 13.2 Å². The van der Waals surface area contributed by atoms with E-state index >= 15 is 0 Å². The minimum atomic E-state index is -3.19. The Morgan fingerprint density at radius 2 is 1.75 bits per heavy atom. The van der Waals surface area contributed by atoms with E-state index in [1.54, 1.807) is 6.07 Å². The number of carbonyl (C=O) groups is 1. The summed E-state index contributed by atoms with van der Waals surface area (Å²) in [7, 11) is -3.19. The monoisotopic (exact) mass is 418 g/mol. The molecule has 1 atom stereocenters. The summed E-state index contributed by atoms with van der Waals surface area (Å²) in [6.07, 6.45) is 5.92. The van der Waals surface area contributed by atoms with Crippen molar-refractivity contribution in [3.63, 3.8) is 0 Å². The zero-order valence-electron chi connectivity index (χ0n) is 16.1. The summed E-state index contributed by atoms with van der Waals surface area (Å²) in [5, 5.41) is 0. The standard InChI is InChI=1S/C21H26N2O3S2/c1-28(25,26)20-11-10-19(27-20)16-6-8-17(9-7-16)21(24)23-14-4-5-18(23)15-22-12-2-3-13-22/h6-11,18H,2-5,12-15H2,1H3. The summed E-state index contributed by atoms with van der Waals surface area (Å²) >= 11 is 1.26. The molecule has 0 N–H and O–H groups in total. The van der Waals surface area contributed by atoms with Crippen molar-refractivity contribution in [3.05, 3.63) is 42.0 Å². The molecule has 2 aliphatic rings. The molecule has 7 heteroatoms. The van der Waals surface area contributed by atoms with Gasteiger partial charge in [-0.2, -0.15) is 0 Å². The summed E-state index contributed by atoms with van der Waals surface area (Å²) in [6.45, 7) is 4.14. The molecule has 0 spiro atoms. The van der Waals surface area contributed by atoms with Crippen LogP contribution in [-0.4, -0.2) is 62.6 Å². The van der Waals surface area contributed by atoms with Gasteiger partial charge in [0.2, 0.25) is 0 Å². The maximum Gasteiger partial charge on any atom is 0.254 e. The molecule has 2 aromatic rings. The molecular weight excluding hydrogens is 392 g/mol. The first-order chi connectivity index (χ1) is 13.4. The van der Waals surface area contributed by atoms with E-state index in [4.69, 9.17) is 0 Å². The van der Waals surface area contributed by atoms with Gasteiger partial charge >= 0.3 is 0 Å². The molecule has 0 bridgehead atoms. The largest absolute Gasteiger partial charge is 0.334 e. The highest BCUT2D eigenvalue weighted by Gasteiger charge is 2.31. The van der Waals surface area contributed by atoms with Crippen LogP contribution in [0.15, 0.2) is 40.6 Å². The van der Waals surface area contributed by atoms with Gasteiger partial charge in [0.15, 0.2) is 9.84 Å². The summed E-state index contributed by atoms with van der Waals surface area (Å²) in [4.78, 5) is 18.5. The molecule has 3 heterocycles. The molecule has 1 aromatic heterocycles.